The number of nitrogens with zero attached hydrogens (tertiary/aromatic N) is 1. The maximum Gasteiger partial charge on any atom is 0.338 e. The molecule has 1 fully saturated rings. The summed E-state index contributed by atoms with van der Waals surface area (Å²) < 4.78 is 12.4. The van der Waals surface area contributed by atoms with Gasteiger partial charge in [0.1, 0.15) is 18.9 Å². The van der Waals surface area contributed by atoms with Gasteiger partial charge in [0.15, 0.2) is 0 Å². The first-order valence-electron chi connectivity index (χ1n) is 9.18. The van der Waals surface area contributed by atoms with Gasteiger partial charge in [0.05, 0.1) is 21.1 Å². The molecule has 0 amide bonds. The number of carbonyl (C=O) groups is 1. The number of hydrogen-bond donors (Lipinski definition) is 4. The van der Waals surface area contributed by atoms with Gasteiger partial charge in [-0.25, -0.2) is 9.59 Å². The number of nitrogens with two attached hydrogens (primary N) is 1. The van der Waals surface area contributed by atoms with Crippen molar-refractivity contribution >= 4 is 34.4 Å². The Bertz CT molecular complexity index is 1050. The Balaban J connectivity index is 1.57. The highest BCUT2D eigenvalue weighted by Crippen LogP contribution is 2.28. The molecule has 1 aliphatic heterocycles. The third-order valence-electron chi connectivity index (χ3n) is 4.69. The van der Waals surface area contributed by atoms with Crippen molar-refractivity contribution in [3.8, 4) is 0 Å². The normalized spacial score (nSPS) is 20.8. The van der Waals surface area contributed by atoms with Gasteiger partial charge in [-0.3, -0.25) is 19.8 Å². The number of aliphatic hydroxyl groups is 1. The number of carbonyl (C=O) groups excluding carboxylic acids is 1. The molecule has 11 heteroatoms. The van der Waals surface area contributed by atoms with Crippen molar-refractivity contribution in [2.45, 2.75) is 37.7 Å². The number of aryl methyl sites for hydroxylation is 1. The lowest BCUT2D eigenvalue weighted by Crippen LogP contribution is -2.33. The van der Waals surface area contributed by atoms with Crippen LogP contribution in [-0.2, 0) is 15.9 Å². The molecule has 1 aromatic carbocycles. The van der Waals surface area contributed by atoms with Gasteiger partial charge in [-0.1, -0.05) is 12.1 Å². The van der Waals surface area contributed by atoms with E-state index in [0.717, 1.165) is 5.56 Å². The molecule has 0 unspecified atom stereocenters. The largest absolute Gasteiger partial charge is 0.459 e. The maximum atomic E-state index is 12.3. The van der Waals surface area contributed by atoms with Crippen LogP contribution >= 0.6 is 22.6 Å². The Morgan fingerprint density at radius 1 is 1.37 bits per heavy atom. The van der Waals surface area contributed by atoms with Crippen molar-refractivity contribution in [1.29, 1.82) is 5.41 Å². The van der Waals surface area contributed by atoms with Crippen molar-refractivity contribution in [3.63, 3.8) is 0 Å². The molecule has 160 valence electrons. The summed E-state index contributed by atoms with van der Waals surface area (Å²) in [6.07, 6.45) is 0.0212. The van der Waals surface area contributed by atoms with Crippen LogP contribution in [0.1, 0.15) is 35.0 Å². The Morgan fingerprint density at radius 2 is 2.07 bits per heavy atom. The van der Waals surface area contributed by atoms with E-state index in [2.05, 4.69) is 4.98 Å². The lowest BCUT2D eigenvalue weighted by Gasteiger charge is -2.16. The molecule has 1 saturated heterocycles. The van der Waals surface area contributed by atoms with Crippen LogP contribution in [0.3, 0.4) is 0 Å². The number of aliphatic hydroxyl groups excluding tert-OH is 1. The number of nitrogens with one attached hydrogen (secondary N) is 2. The summed E-state index contributed by atoms with van der Waals surface area (Å²) in [5.41, 5.74) is 5.50. The van der Waals surface area contributed by atoms with Crippen molar-refractivity contribution in [1.82, 2.24) is 9.55 Å². The number of esters is 1. The number of aromatic nitrogens is 2. The van der Waals surface area contributed by atoms with Crippen molar-refractivity contribution in [2.24, 2.45) is 5.73 Å². The smallest absolute Gasteiger partial charge is 0.338 e. The molecule has 1 aromatic heterocycles. The first-order chi connectivity index (χ1) is 14.2. The molecule has 5 N–H and O–H groups in total. The molecule has 1 aliphatic rings. The van der Waals surface area contributed by atoms with Gasteiger partial charge < -0.3 is 20.3 Å². The summed E-state index contributed by atoms with van der Waals surface area (Å²) in [6, 6.07) is 6.77. The predicted octanol–water partition coefficient (Wildman–Crippen LogP) is 0.515. The van der Waals surface area contributed by atoms with E-state index in [1.54, 1.807) is 46.9 Å². The topological polar surface area (TPSA) is 160 Å². The Hall–Kier alpha value is -2.51. The second kappa shape index (κ2) is 9.53. The number of rotatable bonds is 7. The lowest BCUT2D eigenvalue weighted by molar-refractivity contribution is -0.0532. The van der Waals surface area contributed by atoms with E-state index >= 15 is 0 Å². The highest BCUT2D eigenvalue weighted by molar-refractivity contribution is 14.1. The van der Waals surface area contributed by atoms with Gasteiger partial charge in [-0.2, -0.15) is 0 Å². The molecular weight excluding hydrogens is 505 g/mol. The fourth-order valence-corrected chi connectivity index (χ4v) is 3.47. The lowest BCUT2D eigenvalue weighted by atomic mass is 10.1. The van der Waals surface area contributed by atoms with Crippen LogP contribution in [0.15, 0.2) is 40.1 Å². The van der Waals surface area contributed by atoms with Gasteiger partial charge in [-0.05, 0) is 46.7 Å². The summed E-state index contributed by atoms with van der Waals surface area (Å²) in [7, 11) is 0. The molecule has 2 aromatic rings. The quantitative estimate of drug-likeness (QED) is 0.177. The number of halogens is 1. The number of H-pyrrole nitrogens is 1. The molecule has 0 radical (unpaired) electrons. The second-order valence-electron chi connectivity index (χ2n) is 6.90. The number of aromatic amines is 1. The van der Waals surface area contributed by atoms with Crippen LogP contribution in [0.5, 0.6) is 0 Å². The van der Waals surface area contributed by atoms with E-state index in [1.807, 2.05) is 0 Å². The summed E-state index contributed by atoms with van der Waals surface area (Å²) in [6.45, 7) is -0.183. The molecule has 0 spiro atoms. The summed E-state index contributed by atoms with van der Waals surface area (Å²) in [4.78, 5) is 37.9. The minimum atomic E-state index is -0.937. The van der Waals surface area contributed by atoms with E-state index in [9.17, 15) is 19.5 Å². The average molecular weight is 526 g/mol. The fraction of sp³-hybridized carbons (Fsp3) is 0.368. The summed E-state index contributed by atoms with van der Waals surface area (Å²) in [5.74, 6) is -0.464. The maximum absolute atomic E-state index is 12.3. The van der Waals surface area contributed by atoms with Crippen molar-refractivity contribution in [3.05, 3.63) is 66.0 Å². The van der Waals surface area contributed by atoms with Crippen molar-refractivity contribution < 1.29 is 19.4 Å². The number of ether oxygens (including phenoxy) is 2. The fourth-order valence-electron chi connectivity index (χ4n) is 3.04. The molecule has 10 nitrogen and oxygen atoms in total. The van der Waals surface area contributed by atoms with E-state index < -0.39 is 35.7 Å². The monoisotopic (exact) mass is 526 g/mol. The second-order valence-corrected chi connectivity index (χ2v) is 8.06. The highest BCUT2D eigenvalue weighted by Gasteiger charge is 2.36. The first kappa shape index (κ1) is 22.2. The van der Waals surface area contributed by atoms with Crippen LogP contribution in [0.2, 0.25) is 0 Å². The van der Waals surface area contributed by atoms with E-state index in [-0.39, 0.29) is 18.9 Å². The first-order valence-corrected chi connectivity index (χ1v) is 10.3. The zero-order chi connectivity index (χ0) is 21.8. The van der Waals surface area contributed by atoms with Gasteiger partial charge in [0.2, 0.25) is 0 Å². The number of amidine groups is 1. The molecule has 0 bridgehead atoms. The van der Waals surface area contributed by atoms with Gasteiger partial charge in [0.25, 0.3) is 5.56 Å². The zero-order valence-corrected chi connectivity index (χ0v) is 18.0. The predicted molar refractivity (Wildman–Crippen MR) is 116 cm³/mol. The Kier molecular flexibility index (Phi) is 7.05. The van der Waals surface area contributed by atoms with Crippen LogP contribution in [0, 0.1) is 8.98 Å². The van der Waals surface area contributed by atoms with Crippen molar-refractivity contribution in [2.75, 3.05) is 6.61 Å². The minimum Gasteiger partial charge on any atom is -0.459 e. The van der Waals surface area contributed by atoms with E-state index in [0.29, 0.717) is 22.0 Å². The number of hydrogen-bond acceptors (Lipinski definition) is 7. The number of benzene rings is 1. The van der Waals surface area contributed by atoms with Gasteiger partial charge >= 0.3 is 11.7 Å². The summed E-state index contributed by atoms with van der Waals surface area (Å²) in [5, 5.41) is 17.5. The molecule has 3 rings (SSSR count). The summed E-state index contributed by atoms with van der Waals surface area (Å²) >= 11 is 1.80. The third kappa shape index (κ3) is 5.34. The van der Waals surface area contributed by atoms with Crippen LogP contribution in [0.4, 0.5) is 0 Å². The molecule has 2 heterocycles. The molecular formula is C19H21IN4O6. The van der Waals surface area contributed by atoms with E-state index in [4.69, 9.17) is 20.6 Å². The molecule has 30 heavy (non-hydrogen) atoms. The van der Waals surface area contributed by atoms with Crippen LogP contribution in [-0.4, -0.2) is 45.3 Å². The van der Waals surface area contributed by atoms with E-state index in [1.165, 1.54) is 10.8 Å². The standard InChI is InChI=1S/C19H21IN4O6/c20-12-8-24(19(28)23-17(12)26)16-7-13(25)14(30-16)9-29-18(27)11-4-1-10(2-5-11)3-6-15(21)22/h1-2,4-5,8,13-14,16,25H,3,6-7,9H2,(H3,21,22)(H,23,26,28)/t13-,14+,16+/m0/s1/i20-2. The molecule has 3 atom stereocenters. The Morgan fingerprint density at radius 3 is 2.73 bits per heavy atom. The van der Waals surface area contributed by atoms with Crippen LogP contribution in [0.25, 0.3) is 0 Å². The molecule has 0 aliphatic carbocycles. The van der Waals surface area contributed by atoms with Gasteiger partial charge in [0, 0.05) is 19.0 Å². The van der Waals surface area contributed by atoms with Crippen LogP contribution < -0.4 is 17.0 Å². The molecule has 0 saturated carbocycles. The highest BCUT2D eigenvalue weighted by atomic mass is 125. The zero-order valence-electron chi connectivity index (χ0n) is 15.8. The van der Waals surface area contributed by atoms with Gasteiger partial charge in [-0.15, -0.1) is 0 Å². The SMILES string of the molecule is N=C(N)CCc1ccc(C(=O)OC[C@H]2O[C@@H](n3cc([125I])c(=O)[nH]c3=O)C[C@@H]2O)cc1. The average Bonchev–Trinajstić information content (AvgIpc) is 3.08. The minimum absolute atomic E-state index is 0.103. The Labute approximate surface area is 184 Å². The third-order valence-corrected chi connectivity index (χ3v) is 5.46.